The zero-order valence-corrected chi connectivity index (χ0v) is 32.8. The summed E-state index contributed by atoms with van der Waals surface area (Å²) in [5.74, 6) is 0.245. The van der Waals surface area contributed by atoms with E-state index in [2.05, 4.69) is 224 Å². The second kappa shape index (κ2) is 14.6. The van der Waals surface area contributed by atoms with Crippen LogP contribution in [0.15, 0.2) is 229 Å². The van der Waals surface area contributed by atoms with Crippen molar-refractivity contribution < 1.29 is 4.42 Å². The maximum atomic E-state index is 6.81. The van der Waals surface area contributed by atoms with E-state index in [1.165, 1.54) is 72.3 Å². The molecule has 11 rings (SSSR count). The van der Waals surface area contributed by atoms with E-state index in [1.54, 1.807) is 0 Å². The van der Waals surface area contributed by atoms with E-state index in [0.29, 0.717) is 0 Å². The van der Waals surface area contributed by atoms with Crippen molar-refractivity contribution in [1.29, 1.82) is 0 Å². The summed E-state index contributed by atoms with van der Waals surface area (Å²) in [6.45, 7) is 0. The van der Waals surface area contributed by atoms with Crippen LogP contribution in [0.5, 0.6) is 0 Å². The Kier molecular flexibility index (Phi) is 8.67. The molecular formula is C58H42O. The molecule has 1 heterocycles. The predicted molar refractivity (Wildman–Crippen MR) is 245 cm³/mol. The highest BCUT2D eigenvalue weighted by atomic mass is 16.3. The van der Waals surface area contributed by atoms with Gasteiger partial charge in [-0.25, -0.2) is 0 Å². The van der Waals surface area contributed by atoms with E-state index >= 15 is 0 Å². The van der Waals surface area contributed by atoms with Crippen molar-refractivity contribution in [3.05, 3.63) is 263 Å². The van der Waals surface area contributed by atoms with E-state index in [-0.39, 0.29) is 5.92 Å². The maximum Gasteiger partial charge on any atom is 0.140 e. The molecule has 10 aromatic rings. The van der Waals surface area contributed by atoms with Crippen LogP contribution in [0.1, 0.15) is 51.3 Å². The number of para-hydroxylation sites is 2. The van der Waals surface area contributed by atoms with Gasteiger partial charge in [0.1, 0.15) is 11.2 Å². The molecule has 1 nitrogen and oxygen atoms in total. The largest absolute Gasteiger partial charge is 0.456 e. The predicted octanol–water partition coefficient (Wildman–Crippen LogP) is 15.0. The summed E-state index contributed by atoms with van der Waals surface area (Å²) in [6, 6.07) is 82.3. The first-order valence-corrected chi connectivity index (χ1v) is 20.8. The Balaban J connectivity index is 0.982. The van der Waals surface area contributed by atoms with Crippen LogP contribution in [-0.2, 0) is 11.8 Å². The smallest absolute Gasteiger partial charge is 0.140 e. The highest BCUT2D eigenvalue weighted by Crippen LogP contribution is 2.57. The van der Waals surface area contributed by atoms with Gasteiger partial charge < -0.3 is 4.42 Å². The van der Waals surface area contributed by atoms with Gasteiger partial charge in [-0.05, 0) is 85.7 Å². The highest BCUT2D eigenvalue weighted by Gasteiger charge is 2.47. The third-order valence-corrected chi connectivity index (χ3v) is 12.7. The third kappa shape index (κ3) is 5.93. The second-order valence-electron chi connectivity index (χ2n) is 15.9. The number of fused-ring (bicyclic) bond motifs is 6. The molecule has 59 heavy (non-hydrogen) atoms. The Morgan fingerprint density at radius 2 is 0.847 bits per heavy atom. The van der Waals surface area contributed by atoms with Crippen molar-refractivity contribution in [2.24, 2.45) is 0 Å². The lowest BCUT2D eigenvalue weighted by Crippen LogP contribution is -2.28. The summed E-state index contributed by atoms with van der Waals surface area (Å²) in [5.41, 5.74) is 17.8. The second-order valence-corrected chi connectivity index (χ2v) is 15.9. The average Bonchev–Trinajstić information content (AvgIpc) is 3.85. The van der Waals surface area contributed by atoms with Crippen LogP contribution < -0.4 is 0 Å². The van der Waals surface area contributed by atoms with Crippen molar-refractivity contribution in [3.8, 4) is 33.4 Å². The Labute approximate surface area is 345 Å². The van der Waals surface area contributed by atoms with Crippen LogP contribution in [-0.4, -0.2) is 0 Å². The SMILES string of the molecule is c1ccc(-c2ccc(C(CCc3ccc(C4(c5cccc6c5oc5ccccc56)c5ccccc5-c5ccccc54)cc3)c3ccc(-c4ccccc4)cc3)cc2)cc1. The van der Waals surface area contributed by atoms with Crippen molar-refractivity contribution >= 4 is 21.9 Å². The minimum atomic E-state index is -0.553. The normalized spacial score (nSPS) is 12.8. The van der Waals surface area contributed by atoms with Crippen LogP contribution in [0, 0.1) is 0 Å². The number of aryl methyl sites for hydroxylation is 1. The Morgan fingerprint density at radius 1 is 0.373 bits per heavy atom. The lowest BCUT2D eigenvalue weighted by Gasteiger charge is -2.34. The standard InChI is InChI=1S/C58H42O/c1-3-14-41(15-4-1)43-29-33-45(34-30-43)48(46-35-31-44(32-36-46)42-16-5-2-6-17-42)39-28-40-26-37-47(38-27-40)58(53-22-10-7-18-49(53)50-19-8-11-23-54(50)58)55-24-13-21-52-51-20-9-12-25-56(51)59-57(52)55/h1-27,29-38,48H,28,39H2. The molecule has 0 bridgehead atoms. The van der Waals surface area contributed by atoms with Gasteiger partial charge in [-0.15, -0.1) is 0 Å². The lowest BCUT2D eigenvalue weighted by molar-refractivity contribution is 0.648. The van der Waals surface area contributed by atoms with E-state index < -0.39 is 5.41 Å². The van der Waals surface area contributed by atoms with Gasteiger partial charge >= 0.3 is 0 Å². The zero-order chi connectivity index (χ0) is 39.2. The maximum absolute atomic E-state index is 6.81. The fraction of sp³-hybridized carbons (Fsp3) is 0.0690. The summed E-state index contributed by atoms with van der Waals surface area (Å²) < 4.78 is 6.81. The number of hydrogen-bond acceptors (Lipinski definition) is 1. The molecule has 1 aromatic heterocycles. The molecule has 0 saturated heterocycles. The fourth-order valence-electron chi connectivity index (χ4n) is 9.87. The molecule has 1 heteroatoms. The van der Waals surface area contributed by atoms with Gasteiger partial charge in [0.25, 0.3) is 0 Å². The van der Waals surface area contributed by atoms with Crippen LogP contribution in [0.2, 0.25) is 0 Å². The summed E-state index contributed by atoms with van der Waals surface area (Å²) in [4.78, 5) is 0. The molecule has 1 aliphatic carbocycles. The monoisotopic (exact) mass is 754 g/mol. The minimum absolute atomic E-state index is 0.245. The highest BCUT2D eigenvalue weighted by molar-refractivity contribution is 6.07. The molecule has 0 saturated carbocycles. The molecule has 1 aliphatic rings. The molecule has 9 aromatic carbocycles. The molecule has 0 spiro atoms. The third-order valence-electron chi connectivity index (χ3n) is 12.7. The van der Waals surface area contributed by atoms with Crippen molar-refractivity contribution in [1.82, 2.24) is 0 Å². The van der Waals surface area contributed by atoms with Gasteiger partial charge in [0.15, 0.2) is 0 Å². The summed E-state index contributed by atoms with van der Waals surface area (Å²) >= 11 is 0. The molecule has 0 atom stereocenters. The van der Waals surface area contributed by atoms with Gasteiger partial charge in [0, 0.05) is 22.3 Å². The molecule has 0 amide bonds. The molecular weight excluding hydrogens is 713 g/mol. The van der Waals surface area contributed by atoms with Crippen molar-refractivity contribution in [2.75, 3.05) is 0 Å². The molecule has 0 aliphatic heterocycles. The van der Waals surface area contributed by atoms with E-state index in [9.17, 15) is 0 Å². The van der Waals surface area contributed by atoms with Gasteiger partial charge in [-0.1, -0.05) is 218 Å². The van der Waals surface area contributed by atoms with Gasteiger partial charge in [0.2, 0.25) is 0 Å². The minimum Gasteiger partial charge on any atom is -0.456 e. The summed E-state index contributed by atoms with van der Waals surface area (Å²) in [5, 5.41) is 2.30. The zero-order valence-electron chi connectivity index (χ0n) is 32.8. The lowest BCUT2D eigenvalue weighted by atomic mass is 9.67. The van der Waals surface area contributed by atoms with Gasteiger partial charge in [-0.3, -0.25) is 0 Å². The van der Waals surface area contributed by atoms with Crippen molar-refractivity contribution in [3.63, 3.8) is 0 Å². The first-order chi connectivity index (χ1) is 29.3. The van der Waals surface area contributed by atoms with Crippen LogP contribution in [0.3, 0.4) is 0 Å². The van der Waals surface area contributed by atoms with Gasteiger partial charge in [0.05, 0.1) is 5.41 Å². The summed E-state index contributed by atoms with van der Waals surface area (Å²) in [7, 11) is 0. The van der Waals surface area contributed by atoms with Crippen molar-refractivity contribution in [2.45, 2.75) is 24.2 Å². The topological polar surface area (TPSA) is 13.1 Å². The van der Waals surface area contributed by atoms with Crippen LogP contribution in [0.4, 0.5) is 0 Å². The molecule has 0 unspecified atom stereocenters. The number of furan rings is 1. The number of rotatable bonds is 9. The summed E-state index contributed by atoms with van der Waals surface area (Å²) in [6.07, 6.45) is 1.94. The molecule has 0 N–H and O–H groups in total. The first kappa shape index (κ1) is 35.0. The Hall–Kier alpha value is -7.22. The first-order valence-electron chi connectivity index (χ1n) is 20.8. The number of benzene rings is 9. The Morgan fingerprint density at radius 3 is 1.44 bits per heavy atom. The van der Waals surface area contributed by atoms with Crippen LogP contribution >= 0.6 is 0 Å². The molecule has 280 valence electrons. The number of hydrogen-bond donors (Lipinski definition) is 0. The van der Waals surface area contributed by atoms with E-state index in [4.69, 9.17) is 4.42 Å². The fourth-order valence-corrected chi connectivity index (χ4v) is 9.87. The van der Waals surface area contributed by atoms with Gasteiger partial charge in [-0.2, -0.15) is 0 Å². The molecule has 0 radical (unpaired) electrons. The van der Waals surface area contributed by atoms with E-state index in [1.807, 2.05) is 0 Å². The average molecular weight is 755 g/mol. The molecule has 0 fully saturated rings. The Bertz CT molecular complexity index is 2940. The van der Waals surface area contributed by atoms with Crippen LogP contribution in [0.25, 0.3) is 55.3 Å². The van der Waals surface area contributed by atoms with E-state index in [0.717, 1.165) is 34.8 Å². The quantitative estimate of drug-likeness (QED) is 0.143.